The maximum atomic E-state index is 9.75. The third-order valence-corrected chi connectivity index (χ3v) is 3.52. The molecule has 1 N–H and O–H groups in total. The highest BCUT2D eigenvalue weighted by molar-refractivity contribution is 5.54. The van der Waals surface area contributed by atoms with Crippen LogP contribution in [0.3, 0.4) is 0 Å². The fourth-order valence-corrected chi connectivity index (χ4v) is 2.33. The van der Waals surface area contributed by atoms with Gasteiger partial charge in [-0.1, -0.05) is 19.1 Å². The molecule has 0 saturated carbocycles. The number of aryl methyl sites for hydroxylation is 1. The summed E-state index contributed by atoms with van der Waals surface area (Å²) in [7, 11) is 0. The molecule has 3 aromatic rings. The molecule has 2 aromatic heterocycles. The van der Waals surface area contributed by atoms with Gasteiger partial charge in [0.15, 0.2) is 5.82 Å². The highest BCUT2D eigenvalue weighted by Gasteiger charge is 2.11. The second kappa shape index (κ2) is 6.07. The van der Waals surface area contributed by atoms with Crippen molar-refractivity contribution in [3.05, 3.63) is 60.3 Å². The normalized spacial score (nSPS) is 12.3. The first kappa shape index (κ1) is 14.4. The van der Waals surface area contributed by atoms with E-state index in [4.69, 9.17) is 0 Å². The third kappa shape index (κ3) is 2.76. The van der Waals surface area contributed by atoms with Crippen molar-refractivity contribution in [1.29, 1.82) is 0 Å². The van der Waals surface area contributed by atoms with Crippen LogP contribution >= 0.6 is 0 Å². The van der Waals surface area contributed by atoms with Crippen molar-refractivity contribution in [2.45, 2.75) is 26.4 Å². The van der Waals surface area contributed by atoms with Gasteiger partial charge in [0.25, 0.3) is 0 Å². The van der Waals surface area contributed by atoms with Gasteiger partial charge in [-0.2, -0.15) is 0 Å². The Hall–Kier alpha value is -2.53. The first-order valence-corrected chi connectivity index (χ1v) is 7.33. The maximum Gasteiger partial charge on any atom is 0.163 e. The summed E-state index contributed by atoms with van der Waals surface area (Å²) >= 11 is 0. The quantitative estimate of drug-likeness (QED) is 0.803. The van der Waals surface area contributed by atoms with Crippen molar-refractivity contribution in [2.75, 3.05) is 0 Å². The molecule has 0 saturated heterocycles. The lowest BCUT2D eigenvalue weighted by Crippen LogP contribution is -2.01. The van der Waals surface area contributed by atoms with Crippen LogP contribution in [0.4, 0.5) is 0 Å². The fraction of sp³-hybridized carbons (Fsp3) is 0.235. The molecule has 0 bridgehead atoms. The van der Waals surface area contributed by atoms with Crippen molar-refractivity contribution in [3.63, 3.8) is 0 Å². The van der Waals surface area contributed by atoms with Crippen LogP contribution in [0.2, 0.25) is 0 Å². The van der Waals surface area contributed by atoms with Gasteiger partial charge in [0, 0.05) is 30.7 Å². The van der Waals surface area contributed by atoms with Gasteiger partial charge in [0.2, 0.25) is 0 Å². The van der Waals surface area contributed by atoms with Crippen LogP contribution in [0.1, 0.15) is 31.3 Å². The first-order chi connectivity index (χ1) is 10.7. The van der Waals surface area contributed by atoms with Crippen LogP contribution in [0, 0.1) is 0 Å². The van der Waals surface area contributed by atoms with Gasteiger partial charge in [0.1, 0.15) is 11.5 Å². The maximum absolute atomic E-state index is 9.75. The average molecular weight is 294 g/mol. The van der Waals surface area contributed by atoms with Gasteiger partial charge < -0.3 is 5.11 Å². The number of aromatic nitrogens is 4. The summed E-state index contributed by atoms with van der Waals surface area (Å²) in [5.74, 6) is 1.56. The monoisotopic (exact) mass is 294 g/mol. The lowest BCUT2D eigenvalue weighted by atomic mass is 10.1. The summed E-state index contributed by atoms with van der Waals surface area (Å²) in [5.41, 5.74) is 2.61. The summed E-state index contributed by atoms with van der Waals surface area (Å²) in [6.45, 7) is 3.78. The zero-order valence-corrected chi connectivity index (χ0v) is 12.6. The Balaban J connectivity index is 2.07. The van der Waals surface area contributed by atoms with E-state index in [-0.39, 0.29) is 0 Å². The second-order valence-corrected chi connectivity index (χ2v) is 5.10. The molecule has 1 aromatic carbocycles. The Labute approximate surface area is 129 Å². The molecule has 22 heavy (non-hydrogen) atoms. The van der Waals surface area contributed by atoms with Crippen molar-refractivity contribution in [2.24, 2.45) is 0 Å². The molecule has 0 aliphatic carbocycles. The van der Waals surface area contributed by atoms with E-state index >= 15 is 0 Å². The molecule has 0 amide bonds. The molecule has 5 heteroatoms. The van der Waals surface area contributed by atoms with E-state index < -0.39 is 6.10 Å². The molecule has 1 atom stereocenters. The first-order valence-electron chi connectivity index (χ1n) is 7.33. The number of imidazole rings is 1. The largest absolute Gasteiger partial charge is 0.389 e. The molecular formula is C17H18N4O. The number of hydrogen-bond acceptors (Lipinski definition) is 4. The van der Waals surface area contributed by atoms with Crippen molar-refractivity contribution in [3.8, 4) is 17.2 Å². The van der Waals surface area contributed by atoms with Crippen LogP contribution < -0.4 is 0 Å². The molecule has 3 rings (SSSR count). The minimum atomic E-state index is -0.502. The highest BCUT2D eigenvalue weighted by atomic mass is 16.3. The van der Waals surface area contributed by atoms with E-state index in [1.807, 2.05) is 48.0 Å². The Morgan fingerprint density at radius 1 is 1.18 bits per heavy atom. The summed E-state index contributed by atoms with van der Waals surface area (Å²) in [5, 5.41) is 9.75. The Morgan fingerprint density at radius 2 is 2.05 bits per heavy atom. The summed E-state index contributed by atoms with van der Waals surface area (Å²) < 4.78 is 1.97. The average Bonchev–Trinajstić information content (AvgIpc) is 3.04. The lowest BCUT2D eigenvalue weighted by Gasteiger charge is -2.11. The van der Waals surface area contributed by atoms with Crippen molar-refractivity contribution in [1.82, 2.24) is 19.5 Å². The predicted molar refractivity (Wildman–Crippen MR) is 84.6 cm³/mol. The van der Waals surface area contributed by atoms with E-state index in [1.54, 1.807) is 19.3 Å². The number of benzene rings is 1. The van der Waals surface area contributed by atoms with Gasteiger partial charge in [0.05, 0.1) is 6.10 Å². The summed E-state index contributed by atoms with van der Waals surface area (Å²) in [4.78, 5) is 13.2. The number of aliphatic hydroxyl groups excluding tert-OH is 1. The van der Waals surface area contributed by atoms with Crippen molar-refractivity contribution >= 4 is 0 Å². The number of rotatable bonds is 4. The van der Waals surface area contributed by atoms with E-state index in [2.05, 4.69) is 15.0 Å². The van der Waals surface area contributed by atoms with Crippen LogP contribution in [0.15, 0.2) is 48.9 Å². The highest BCUT2D eigenvalue weighted by Crippen LogP contribution is 2.22. The fourth-order valence-electron chi connectivity index (χ4n) is 2.33. The van der Waals surface area contributed by atoms with Crippen LogP contribution in [0.5, 0.6) is 0 Å². The minimum Gasteiger partial charge on any atom is -0.389 e. The zero-order valence-electron chi connectivity index (χ0n) is 12.6. The van der Waals surface area contributed by atoms with E-state index in [0.29, 0.717) is 0 Å². The van der Waals surface area contributed by atoms with Gasteiger partial charge >= 0.3 is 0 Å². The Kier molecular flexibility index (Phi) is 3.98. The topological polar surface area (TPSA) is 63.8 Å². The molecule has 0 fully saturated rings. The van der Waals surface area contributed by atoms with Crippen LogP contribution in [-0.4, -0.2) is 24.6 Å². The summed E-state index contributed by atoms with van der Waals surface area (Å²) in [6.07, 6.45) is 5.68. The number of aliphatic hydroxyl groups is 1. The molecule has 0 aliphatic heterocycles. The standard InChI is InChI=1S/C17H18N4O/c1-3-16-18-8-7-15(20-16)17-19-9-10-21(17)14-6-4-5-13(11-14)12(2)22/h4-12,22H,3H2,1-2H3. The zero-order chi connectivity index (χ0) is 15.5. The van der Waals surface area contributed by atoms with Crippen molar-refractivity contribution < 1.29 is 5.11 Å². The molecule has 2 heterocycles. The third-order valence-electron chi connectivity index (χ3n) is 3.52. The van der Waals surface area contributed by atoms with Crippen LogP contribution in [-0.2, 0) is 6.42 Å². The SMILES string of the molecule is CCc1nccc(-c2nccn2-c2cccc(C(C)O)c2)n1. The molecule has 1 unspecified atom stereocenters. The molecule has 5 nitrogen and oxygen atoms in total. The number of hydrogen-bond donors (Lipinski definition) is 1. The number of nitrogens with zero attached hydrogens (tertiary/aromatic N) is 4. The predicted octanol–water partition coefficient (Wildman–Crippen LogP) is 2.95. The van der Waals surface area contributed by atoms with E-state index in [9.17, 15) is 5.11 Å². The van der Waals surface area contributed by atoms with Crippen LogP contribution in [0.25, 0.3) is 17.2 Å². The van der Waals surface area contributed by atoms with Gasteiger partial charge in [-0.15, -0.1) is 0 Å². The molecule has 0 radical (unpaired) electrons. The smallest absolute Gasteiger partial charge is 0.163 e. The molecule has 0 spiro atoms. The van der Waals surface area contributed by atoms with E-state index in [0.717, 1.165) is 35.0 Å². The van der Waals surface area contributed by atoms with Gasteiger partial charge in [-0.25, -0.2) is 15.0 Å². The molecular weight excluding hydrogens is 276 g/mol. The minimum absolute atomic E-state index is 0.502. The lowest BCUT2D eigenvalue weighted by molar-refractivity contribution is 0.199. The van der Waals surface area contributed by atoms with Gasteiger partial charge in [-0.3, -0.25) is 4.57 Å². The second-order valence-electron chi connectivity index (χ2n) is 5.10. The molecule has 0 aliphatic rings. The summed E-state index contributed by atoms with van der Waals surface area (Å²) in [6, 6.07) is 9.64. The molecule has 112 valence electrons. The Morgan fingerprint density at radius 3 is 2.82 bits per heavy atom. The van der Waals surface area contributed by atoms with Gasteiger partial charge in [-0.05, 0) is 30.7 Å². The van der Waals surface area contributed by atoms with E-state index in [1.165, 1.54) is 0 Å². The Bertz CT molecular complexity index is 780.